The van der Waals surface area contributed by atoms with Gasteiger partial charge in [0.15, 0.2) is 0 Å². The number of nitrogens with two attached hydrogens (primary N) is 1. The van der Waals surface area contributed by atoms with Gasteiger partial charge in [0.1, 0.15) is 0 Å². The highest BCUT2D eigenvalue weighted by molar-refractivity contribution is 5.71. The second kappa shape index (κ2) is 2.79. The van der Waals surface area contributed by atoms with Gasteiger partial charge < -0.3 is 15.7 Å². The van der Waals surface area contributed by atoms with Gasteiger partial charge in [-0.2, -0.15) is 0 Å². The lowest BCUT2D eigenvalue weighted by molar-refractivity contribution is -0.141. The molecule has 4 nitrogen and oxygen atoms in total. The maximum atomic E-state index is 10.6. The first kappa shape index (κ1) is 8.49. The molecule has 0 saturated carbocycles. The highest BCUT2D eigenvalue weighted by Gasteiger charge is 2.38. The zero-order valence-electron chi connectivity index (χ0n) is 6.82. The molecular weight excluding hydrogens is 144 g/mol. The molecule has 0 radical (unpaired) electrons. The molecule has 3 N–H and O–H groups in total. The fraction of sp³-hybridized carbons (Fsp3) is 0.857. The summed E-state index contributed by atoms with van der Waals surface area (Å²) in [7, 11) is 1.90. The molecule has 0 aliphatic carbocycles. The van der Waals surface area contributed by atoms with Gasteiger partial charge in [-0.3, -0.25) is 4.79 Å². The lowest BCUT2D eigenvalue weighted by Crippen LogP contribution is -2.39. The van der Waals surface area contributed by atoms with Crippen LogP contribution < -0.4 is 5.73 Å². The molecule has 0 aromatic rings. The molecule has 1 rings (SSSR count). The van der Waals surface area contributed by atoms with Crippen LogP contribution in [0.2, 0.25) is 0 Å². The van der Waals surface area contributed by atoms with Crippen LogP contribution in [-0.2, 0) is 4.79 Å². The Balaban J connectivity index is 2.67. The Morgan fingerprint density at radius 1 is 1.73 bits per heavy atom. The normalized spacial score (nSPS) is 39.4. The molecule has 0 amide bonds. The van der Waals surface area contributed by atoms with E-state index in [1.807, 2.05) is 18.9 Å². The number of carboxylic acids is 1. The summed E-state index contributed by atoms with van der Waals surface area (Å²) in [6, 6.07) is -0.0476. The molecular formula is C7H14N2O2. The molecule has 3 unspecified atom stereocenters. The van der Waals surface area contributed by atoms with Crippen LogP contribution in [0.1, 0.15) is 6.92 Å². The van der Waals surface area contributed by atoms with Crippen molar-refractivity contribution in [3.63, 3.8) is 0 Å². The number of carbonyl (C=O) groups is 1. The maximum absolute atomic E-state index is 10.6. The smallest absolute Gasteiger partial charge is 0.309 e. The third-order valence-electron chi connectivity index (χ3n) is 2.52. The zero-order chi connectivity index (χ0) is 8.59. The Labute approximate surface area is 66.0 Å². The van der Waals surface area contributed by atoms with Gasteiger partial charge in [0.05, 0.1) is 5.92 Å². The van der Waals surface area contributed by atoms with Crippen LogP contribution in [0.15, 0.2) is 0 Å². The first-order valence-electron chi connectivity index (χ1n) is 3.72. The van der Waals surface area contributed by atoms with Gasteiger partial charge in [-0.05, 0) is 14.0 Å². The molecule has 64 valence electrons. The summed E-state index contributed by atoms with van der Waals surface area (Å²) < 4.78 is 0. The summed E-state index contributed by atoms with van der Waals surface area (Å²) in [5, 5.41) is 8.71. The van der Waals surface area contributed by atoms with Crippen LogP contribution >= 0.6 is 0 Å². The molecule has 4 heteroatoms. The highest BCUT2D eigenvalue weighted by Crippen LogP contribution is 2.19. The lowest BCUT2D eigenvalue weighted by atomic mass is 10.0. The first-order chi connectivity index (χ1) is 5.04. The highest BCUT2D eigenvalue weighted by atomic mass is 16.4. The van der Waals surface area contributed by atoms with Crippen LogP contribution in [0.5, 0.6) is 0 Å². The Morgan fingerprint density at radius 2 is 2.27 bits per heavy atom. The van der Waals surface area contributed by atoms with Crippen LogP contribution in [0.3, 0.4) is 0 Å². The van der Waals surface area contributed by atoms with Crippen molar-refractivity contribution >= 4 is 5.97 Å². The van der Waals surface area contributed by atoms with Crippen molar-refractivity contribution in [2.24, 2.45) is 11.7 Å². The van der Waals surface area contributed by atoms with E-state index in [2.05, 4.69) is 0 Å². The van der Waals surface area contributed by atoms with Crippen molar-refractivity contribution in [2.45, 2.75) is 19.0 Å². The van der Waals surface area contributed by atoms with Crippen LogP contribution in [0.4, 0.5) is 0 Å². The average molecular weight is 158 g/mol. The minimum Gasteiger partial charge on any atom is -0.481 e. The van der Waals surface area contributed by atoms with E-state index in [1.54, 1.807) is 0 Å². The van der Waals surface area contributed by atoms with Gasteiger partial charge in [-0.1, -0.05) is 0 Å². The zero-order valence-corrected chi connectivity index (χ0v) is 6.82. The second-order valence-electron chi connectivity index (χ2n) is 3.20. The first-order valence-corrected chi connectivity index (χ1v) is 3.72. The van der Waals surface area contributed by atoms with Gasteiger partial charge in [0, 0.05) is 18.6 Å². The number of aliphatic carboxylic acids is 1. The topological polar surface area (TPSA) is 66.6 Å². The van der Waals surface area contributed by atoms with Crippen LogP contribution in [0, 0.1) is 5.92 Å². The molecule has 0 bridgehead atoms. The van der Waals surface area contributed by atoms with Crippen molar-refractivity contribution in [1.82, 2.24) is 4.90 Å². The van der Waals surface area contributed by atoms with E-state index in [9.17, 15) is 4.79 Å². The summed E-state index contributed by atoms with van der Waals surface area (Å²) in [5.41, 5.74) is 5.69. The van der Waals surface area contributed by atoms with Gasteiger partial charge >= 0.3 is 5.97 Å². The average Bonchev–Trinajstić information content (AvgIpc) is 2.17. The third kappa shape index (κ3) is 1.36. The van der Waals surface area contributed by atoms with Crippen LogP contribution in [0.25, 0.3) is 0 Å². The van der Waals surface area contributed by atoms with Crippen LogP contribution in [-0.4, -0.2) is 41.7 Å². The predicted octanol–water partition coefficient (Wildman–Crippen LogP) is -0.652. The quantitative estimate of drug-likeness (QED) is 0.532. The molecule has 1 saturated heterocycles. The molecule has 1 heterocycles. The minimum absolute atomic E-state index is 0.177. The summed E-state index contributed by atoms with van der Waals surface area (Å²) in [6.07, 6.45) is 0. The van der Waals surface area contributed by atoms with E-state index in [0.29, 0.717) is 6.54 Å². The van der Waals surface area contributed by atoms with E-state index in [0.717, 1.165) is 0 Å². The Kier molecular flexibility index (Phi) is 2.15. The number of carboxylic acid groups (broad SMARTS) is 1. The number of nitrogens with zero attached hydrogens (tertiary/aromatic N) is 1. The Morgan fingerprint density at radius 3 is 2.45 bits per heavy atom. The van der Waals surface area contributed by atoms with Gasteiger partial charge in [-0.15, -0.1) is 0 Å². The number of hydrogen-bond acceptors (Lipinski definition) is 3. The summed E-state index contributed by atoms with van der Waals surface area (Å²) in [6.45, 7) is 2.52. The molecule has 1 aliphatic rings. The maximum Gasteiger partial charge on any atom is 0.309 e. The fourth-order valence-electron chi connectivity index (χ4n) is 1.47. The van der Waals surface area contributed by atoms with Gasteiger partial charge in [0.2, 0.25) is 0 Å². The van der Waals surface area contributed by atoms with Crippen molar-refractivity contribution in [3.8, 4) is 0 Å². The molecule has 1 aliphatic heterocycles. The van der Waals surface area contributed by atoms with E-state index >= 15 is 0 Å². The van der Waals surface area contributed by atoms with Crippen molar-refractivity contribution in [1.29, 1.82) is 0 Å². The lowest BCUT2D eigenvalue weighted by Gasteiger charge is -2.16. The molecule has 3 atom stereocenters. The predicted molar refractivity (Wildman–Crippen MR) is 41.2 cm³/mol. The SMILES string of the molecule is CC1C(N)C(C(=O)O)CN1C. The molecule has 0 spiro atoms. The number of likely N-dealkylation sites (N-methyl/N-ethyl adjacent to an activating group) is 1. The van der Waals surface area contributed by atoms with E-state index in [4.69, 9.17) is 10.8 Å². The minimum atomic E-state index is -0.784. The van der Waals surface area contributed by atoms with Crippen molar-refractivity contribution < 1.29 is 9.90 Å². The molecule has 1 fully saturated rings. The Bertz CT molecular complexity index is 172. The molecule has 11 heavy (non-hydrogen) atoms. The van der Waals surface area contributed by atoms with Crippen molar-refractivity contribution in [3.05, 3.63) is 0 Å². The summed E-state index contributed by atoms with van der Waals surface area (Å²) in [4.78, 5) is 12.6. The largest absolute Gasteiger partial charge is 0.481 e. The van der Waals surface area contributed by atoms with E-state index < -0.39 is 11.9 Å². The van der Waals surface area contributed by atoms with Crippen molar-refractivity contribution in [2.75, 3.05) is 13.6 Å². The molecule has 0 aromatic heterocycles. The fourth-order valence-corrected chi connectivity index (χ4v) is 1.47. The summed E-state index contributed by atoms with van der Waals surface area (Å²) in [5.74, 6) is -1.18. The second-order valence-corrected chi connectivity index (χ2v) is 3.20. The monoisotopic (exact) mass is 158 g/mol. The van der Waals surface area contributed by atoms with Gasteiger partial charge in [0.25, 0.3) is 0 Å². The standard InChI is InChI=1S/C7H14N2O2/c1-4-6(8)5(7(10)11)3-9(4)2/h4-6H,3,8H2,1-2H3,(H,10,11). The summed E-state index contributed by atoms with van der Waals surface area (Å²) >= 11 is 0. The Hall–Kier alpha value is -0.610. The number of hydrogen-bond donors (Lipinski definition) is 2. The number of likely N-dealkylation sites (tertiary alicyclic amines) is 1. The third-order valence-corrected chi connectivity index (χ3v) is 2.52. The van der Waals surface area contributed by atoms with Gasteiger partial charge in [-0.25, -0.2) is 0 Å². The van der Waals surface area contributed by atoms with E-state index in [-0.39, 0.29) is 12.1 Å². The number of rotatable bonds is 1. The molecule has 0 aromatic carbocycles. The van der Waals surface area contributed by atoms with E-state index in [1.165, 1.54) is 0 Å².